The van der Waals surface area contributed by atoms with Gasteiger partial charge in [-0.15, -0.1) is 0 Å². The predicted molar refractivity (Wildman–Crippen MR) is 121 cm³/mol. The number of nitrogens with zero attached hydrogens (tertiary/aromatic N) is 1. The van der Waals surface area contributed by atoms with Gasteiger partial charge in [-0.05, 0) is 6.42 Å². The summed E-state index contributed by atoms with van der Waals surface area (Å²) in [5.74, 6) is -6.47. The molecule has 0 aliphatic carbocycles. The van der Waals surface area contributed by atoms with Crippen LogP contribution >= 0.6 is 0 Å². The molecule has 0 aliphatic rings. The lowest BCUT2D eigenvalue weighted by molar-refractivity contribution is -0.179. The number of aliphatic carboxylic acids is 3. The first-order valence-corrected chi connectivity index (χ1v) is 11.6. The van der Waals surface area contributed by atoms with Crippen molar-refractivity contribution in [2.45, 2.75) is 76.7 Å². The summed E-state index contributed by atoms with van der Waals surface area (Å²) in [6, 6.07) is 0. The lowest BCUT2D eigenvalue weighted by Crippen LogP contribution is -2.50. The summed E-state index contributed by atoms with van der Waals surface area (Å²) in [7, 11) is 0. The second-order valence-corrected chi connectivity index (χ2v) is 7.97. The predicted octanol–water partition coefficient (Wildman–Crippen LogP) is 0.774. The Morgan fingerprint density at radius 3 is 1.52 bits per heavy atom. The number of rotatable bonds is 20. The van der Waals surface area contributed by atoms with Gasteiger partial charge in [-0.25, -0.2) is 4.79 Å². The number of aliphatic hydroxyl groups excluding tert-OH is 3. The molecule has 0 radical (unpaired) electrons. The van der Waals surface area contributed by atoms with Crippen molar-refractivity contribution >= 4 is 17.9 Å². The molecule has 0 spiro atoms. The molecule has 196 valence electrons. The molecule has 11 heteroatoms. The van der Waals surface area contributed by atoms with Crippen LogP contribution in [0.5, 0.6) is 0 Å². The Bertz CT molecular complexity index is 517. The first-order chi connectivity index (χ1) is 15.6. The highest BCUT2D eigenvalue weighted by molar-refractivity contribution is 5.89. The quantitative estimate of drug-likeness (QED) is 0.121. The van der Waals surface area contributed by atoms with Crippen molar-refractivity contribution in [1.29, 1.82) is 0 Å². The minimum Gasteiger partial charge on any atom is -0.481 e. The minimum atomic E-state index is -2.78. The fraction of sp³-hybridized carbons (Fsp3) is 0.864. The molecule has 33 heavy (non-hydrogen) atoms. The van der Waals surface area contributed by atoms with Gasteiger partial charge in [-0.3, -0.25) is 14.5 Å². The summed E-state index contributed by atoms with van der Waals surface area (Å²) in [4.78, 5) is 34.9. The molecule has 0 aromatic rings. The van der Waals surface area contributed by atoms with Gasteiger partial charge in [-0.2, -0.15) is 0 Å². The number of unbranched alkanes of at least 4 members (excludes halogenated alkanes) is 7. The standard InChI is InChI=1S/C16H28O7.C6H15NO3/c1-2-3-4-5-6-7-8-9-10-12(14(19)20)16(23,15(21)22)11-13(17)18;8-4-1-7(2-5-9)3-6-10/h12,23H,2-11H2,1H3,(H,17,18)(H,19,20)(H,21,22);8-10H,1-6H2. The maximum atomic E-state index is 11.3. The number of carbonyl (C=O) groups is 3. The van der Waals surface area contributed by atoms with Crippen LogP contribution in [0.1, 0.15) is 71.1 Å². The molecular weight excluding hydrogens is 438 g/mol. The van der Waals surface area contributed by atoms with E-state index >= 15 is 0 Å². The summed E-state index contributed by atoms with van der Waals surface area (Å²) in [6.45, 7) is 3.89. The summed E-state index contributed by atoms with van der Waals surface area (Å²) in [5, 5.41) is 62.4. The van der Waals surface area contributed by atoms with E-state index in [0.717, 1.165) is 32.1 Å². The van der Waals surface area contributed by atoms with Gasteiger partial charge in [0.15, 0.2) is 5.60 Å². The van der Waals surface area contributed by atoms with Crippen LogP contribution in [0.2, 0.25) is 0 Å². The molecule has 0 aliphatic heterocycles. The highest BCUT2D eigenvalue weighted by Crippen LogP contribution is 2.28. The van der Waals surface area contributed by atoms with E-state index in [4.69, 9.17) is 30.6 Å². The number of hydrogen-bond acceptors (Lipinski definition) is 8. The Labute approximate surface area is 195 Å². The Morgan fingerprint density at radius 1 is 0.758 bits per heavy atom. The van der Waals surface area contributed by atoms with Crippen molar-refractivity contribution in [2.24, 2.45) is 5.92 Å². The van der Waals surface area contributed by atoms with Crippen LogP contribution in [0, 0.1) is 5.92 Å². The Balaban J connectivity index is 0. The molecule has 0 aromatic carbocycles. The summed E-state index contributed by atoms with van der Waals surface area (Å²) < 4.78 is 0. The van der Waals surface area contributed by atoms with E-state index in [1.54, 1.807) is 4.90 Å². The van der Waals surface area contributed by atoms with Gasteiger partial charge in [0, 0.05) is 19.6 Å². The smallest absolute Gasteiger partial charge is 0.337 e. The fourth-order valence-corrected chi connectivity index (χ4v) is 3.39. The van der Waals surface area contributed by atoms with Crippen LogP contribution in [0.4, 0.5) is 0 Å². The number of aliphatic hydroxyl groups is 4. The first-order valence-electron chi connectivity index (χ1n) is 11.6. The zero-order chi connectivity index (χ0) is 25.7. The van der Waals surface area contributed by atoms with Gasteiger partial charge in [0.2, 0.25) is 0 Å². The summed E-state index contributed by atoms with van der Waals surface area (Å²) >= 11 is 0. The third-order valence-electron chi connectivity index (χ3n) is 5.26. The zero-order valence-corrected chi connectivity index (χ0v) is 19.7. The maximum absolute atomic E-state index is 11.3. The molecule has 2 unspecified atom stereocenters. The lowest BCUT2D eigenvalue weighted by atomic mass is 9.81. The topological polar surface area (TPSA) is 196 Å². The average molecular weight is 482 g/mol. The average Bonchev–Trinajstić information content (AvgIpc) is 2.72. The van der Waals surface area contributed by atoms with Crippen molar-refractivity contribution in [3.05, 3.63) is 0 Å². The van der Waals surface area contributed by atoms with Crippen LogP contribution in [0.3, 0.4) is 0 Å². The van der Waals surface area contributed by atoms with Gasteiger partial charge in [0.25, 0.3) is 0 Å². The second-order valence-electron chi connectivity index (χ2n) is 7.97. The van der Waals surface area contributed by atoms with Crippen LogP contribution in [-0.4, -0.2) is 104 Å². The monoisotopic (exact) mass is 481 g/mol. The van der Waals surface area contributed by atoms with E-state index in [0.29, 0.717) is 26.1 Å². The van der Waals surface area contributed by atoms with Crippen molar-refractivity contribution in [1.82, 2.24) is 4.90 Å². The van der Waals surface area contributed by atoms with Crippen LogP contribution in [0.15, 0.2) is 0 Å². The SMILES string of the molecule is CCCCCCCCCCC(C(=O)O)C(O)(CC(=O)O)C(=O)O.OCCN(CCO)CCO. The fourth-order valence-electron chi connectivity index (χ4n) is 3.39. The van der Waals surface area contributed by atoms with Crippen LogP contribution in [-0.2, 0) is 14.4 Å². The van der Waals surface area contributed by atoms with Crippen molar-refractivity contribution in [2.75, 3.05) is 39.5 Å². The highest BCUT2D eigenvalue weighted by atomic mass is 16.4. The van der Waals surface area contributed by atoms with E-state index in [1.165, 1.54) is 12.8 Å². The third kappa shape index (κ3) is 16.5. The van der Waals surface area contributed by atoms with Crippen molar-refractivity contribution < 1.29 is 50.1 Å². The highest BCUT2D eigenvalue weighted by Gasteiger charge is 2.49. The van der Waals surface area contributed by atoms with Gasteiger partial charge in [0.1, 0.15) is 0 Å². The Hall–Kier alpha value is -1.79. The van der Waals surface area contributed by atoms with E-state index in [1.807, 2.05) is 0 Å². The number of carboxylic acids is 3. The normalized spacial score (nSPS) is 13.6. The molecule has 7 N–H and O–H groups in total. The van der Waals surface area contributed by atoms with Crippen molar-refractivity contribution in [3.63, 3.8) is 0 Å². The third-order valence-corrected chi connectivity index (χ3v) is 5.26. The molecule has 0 bridgehead atoms. The summed E-state index contributed by atoms with van der Waals surface area (Å²) in [6.07, 6.45) is 6.60. The van der Waals surface area contributed by atoms with Crippen LogP contribution in [0.25, 0.3) is 0 Å². The second kappa shape index (κ2) is 20.8. The maximum Gasteiger partial charge on any atom is 0.337 e. The molecular formula is C22H43NO10. The Kier molecular flexibility index (Phi) is 21.0. The molecule has 0 heterocycles. The largest absolute Gasteiger partial charge is 0.481 e. The minimum absolute atomic E-state index is 0.0552. The molecule has 0 saturated heterocycles. The molecule has 0 amide bonds. The number of carboxylic acid groups (broad SMARTS) is 3. The molecule has 0 saturated carbocycles. The Morgan fingerprint density at radius 2 is 1.18 bits per heavy atom. The lowest BCUT2D eigenvalue weighted by Gasteiger charge is -2.28. The summed E-state index contributed by atoms with van der Waals surface area (Å²) in [5.41, 5.74) is -2.78. The molecule has 0 aromatic heterocycles. The van der Waals surface area contributed by atoms with E-state index in [2.05, 4.69) is 6.92 Å². The molecule has 2 atom stereocenters. The first kappa shape index (κ1) is 33.4. The van der Waals surface area contributed by atoms with E-state index < -0.39 is 35.8 Å². The van der Waals surface area contributed by atoms with Gasteiger partial charge < -0.3 is 35.7 Å². The van der Waals surface area contributed by atoms with Crippen LogP contribution < -0.4 is 0 Å². The molecule has 0 rings (SSSR count). The van der Waals surface area contributed by atoms with E-state index in [-0.39, 0.29) is 26.2 Å². The zero-order valence-electron chi connectivity index (χ0n) is 19.7. The van der Waals surface area contributed by atoms with Gasteiger partial charge in [-0.1, -0.05) is 58.3 Å². The number of hydrogen-bond donors (Lipinski definition) is 7. The molecule has 0 fully saturated rings. The van der Waals surface area contributed by atoms with Gasteiger partial charge >= 0.3 is 17.9 Å². The van der Waals surface area contributed by atoms with E-state index in [9.17, 15) is 19.5 Å². The van der Waals surface area contributed by atoms with Gasteiger partial charge in [0.05, 0.1) is 32.2 Å². The van der Waals surface area contributed by atoms with Crippen molar-refractivity contribution in [3.8, 4) is 0 Å². The molecule has 11 nitrogen and oxygen atoms in total.